The van der Waals surface area contributed by atoms with Crippen molar-refractivity contribution in [2.75, 3.05) is 13.2 Å². The van der Waals surface area contributed by atoms with Crippen LogP contribution in [-0.2, 0) is 9.53 Å². The maximum atomic E-state index is 12.8. The number of hydrogen-bond donors (Lipinski definition) is 1. The zero-order chi connectivity index (χ0) is 18.0. The maximum Gasteiger partial charge on any atom is 0.327 e. The Balaban J connectivity index is 1.97. The quantitative estimate of drug-likeness (QED) is 0.560. The number of para-hydroxylation sites is 1. The van der Waals surface area contributed by atoms with E-state index in [4.69, 9.17) is 4.74 Å². The Kier molecular flexibility index (Phi) is 4.80. The number of nitrogens with zero attached hydrogens (tertiary/aromatic N) is 3. The molecule has 8 heteroatoms. The summed E-state index contributed by atoms with van der Waals surface area (Å²) in [6.07, 6.45) is 0. The number of benzene rings is 1. The fraction of sp³-hybridized carbons (Fsp3) is 0.294. The van der Waals surface area contributed by atoms with Crippen LogP contribution in [0.4, 0.5) is 0 Å². The lowest BCUT2D eigenvalue weighted by Crippen LogP contribution is -2.20. The first kappa shape index (κ1) is 17.1. The number of aryl methyl sites for hydroxylation is 1. The predicted octanol–water partition coefficient (Wildman–Crippen LogP) is 2.46. The average molecular weight is 358 g/mol. The van der Waals surface area contributed by atoms with E-state index < -0.39 is 5.97 Å². The van der Waals surface area contributed by atoms with Crippen LogP contribution in [0.2, 0.25) is 0 Å². The van der Waals surface area contributed by atoms with E-state index in [9.17, 15) is 9.59 Å². The first-order valence-corrected chi connectivity index (χ1v) is 8.67. The van der Waals surface area contributed by atoms with Gasteiger partial charge in [-0.1, -0.05) is 23.5 Å². The second-order valence-electron chi connectivity index (χ2n) is 5.42. The third-order valence-electron chi connectivity index (χ3n) is 3.66. The lowest BCUT2D eigenvalue weighted by atomic mass is 10.2. The van der Waals surface area contributed by atoms with Gasteiger partial charge >= 0.3 is 5.97 Å². The number of hydrogen-bond acceptors (Lipinski definition) is 6. The molecule has 0 aliphatic rings. The SMILES string of the molecule is CCOC(=O)CN=C(C)c1c(C)[nH]n(-c2nc3ccccc3s2)c1=O. The zero-order valence-electron chi connectivity index (χ0n) is 14.2. The van der Waals surface area contributed by atoms with Gasteiger partial charge in [-0.2, -0.15) is 4.68 Å². The number of rotatable bonds is 5. The molecule has 0 fully saturated rings. The van der Waals surface area contributed by atoms with Gasteiger partial charge in [0.25, 0.3) is 5.56 Å². The first-order valence-electron chi connectivity index (χ1n) is 7.86. The van der Waals surface area contributed by atoms with E-state index in [0.29, 0.717) is 28.7 Å². The van der Waals surface area contributed by atoms with Crippen molar-refractivity contribution in [2.45, 2.75) is 20.8 Å². The number of carbonyl (C=O) groups excluding carboxylic acids is 1. The summed E-state index contributed by atoms with van der Waals surface area (Å²) in [5.74, 6) is -0.415. The monoisotopic (exact) mass is 358 g/mol. The molecule has 2 heterocycles. The number of aromatic amines is 1. The second-order valence-corrected chi connectivity index (χ2v) is 6.43. The summed E-state index contributed by atoms with van der Waals surface area (Å²) in [4.78, 5) is 32.9. The standard InChI is InChI=1S/C17H18N4O3S/c1-4-24-14(22)9-18-10(2)15-11(3)20-21(16(15)23)17-19-12-7-5-6-8-13(12)25-17/h5-8,20H,4,9H2,1-3H3. The molecular weight excluding hydrogens is 340 g/mol. The van der Waals surface area contributed by atoms with E-state index in [-0.39, 0.29) is 12.1 Å². The average Bonchev–Trinajstić information content (AvgIpc) is 3.13. The fourth-order valence-electron chi connectivity index (χ4n) is 2.53. The highest BCUT2D eigenvalue weighted by molar-refractivity contribution is 7.20. The molecule has 2 aromatic heterocycles. The molecule has 0 aliphatic heterocycles. The van der Waals surface area contributed by atoms with Gasteiger partial charge in [-0.05, 0) is 32.9 Å². The number of thiazole rings is 1. The van der Waals surface area contributed by atoms with Crippen LogP contribution in [0.5, 0.6) is 0 Å². The Labute approximate surface area is 148 Å². The minimum Gasteiger partial charge on any atom is -0.465 e. The van der Waals surface area contributed by atoms with Crippen LogP contribution in [0, 0.1) is 6.92 Å². The lowest BCUT2D eigenvalue weighted by Gasteiger charge is -1.99. The molecule has 3 aromatic rings. The van der Waals surface area contributed by atoms with Gasteiger partial charge in [-0.25, -0.2) is 4.98 Å². The minimum absolute atomic E-state index is 0.106. The van der Waals surface area contributed by atoms with Gasteiger partial charge in [0.05, 0.1) is 22.4 Å². The molecule has 0 spiro atoms. The fourth-order valence-corrected chi connectivity index (χ4v) is 3.46. The van der Waals surface area contributed by atoms with Crippen LogP contribution >= 0.6 is 11.3 Å². The van der Waals surface area contributed by atoms with E-state index in [2.05, 4.69) is 15.1 Å². The smallest absolute Gasteiger partial charge is 0.327 e. The van der Waals surface area contributed by atoms with Gasteiger partial charge in [-0.3, -0.25) is 19.7 Å². The number of nitrogens with one attached hydrogen (secondary N) is 1. The van der Waals surface area contributed by atoms with Crippen LogP contribution in [-0.4, -0.2) is 39.6 Å². The highest BCUT2D eigenvalue weighted by Gasteiger charge is 2.17. The Bertz CT molecular complexity index is 979. The predicted molar refractivity (Wildman–Crippen MR) is 98.0 cm³/mol. The van der Waals surface area contributed by atoms with Crippen molar-refractivity contribution >= 4 is 33.2 Å². The van der Waals surface area contributed by atoms with Crippen LogP contribution in [0.3, 0.4) is 0 Å². The van der Waals surface area contributed by atoms with Crippen molar-refractivity contribution in [2.24, 2.45) is 4.99 Å². The van der Waals surface area contributed by atoms with Crippen molar-refractivity contribution in [3.63, 3.8) is 0 Å². The van der Waals surface area contributed by atoms with Crippen molar-refractivity contribution in [3.8, 4) is 5.13 Å². The molecule has 130 valence electrons. The van der Waals surface area contributed by atoms with Crippen molar-refractivity contribution in [1.29, 1.82) is 0 Å². The highest BCUT2D eigenvalue weighted by Crippen LogP contribution is 2.23. The molecule has 3 rings (SSSR count). The largest absolute Gasteiger partial charge is 0.465 e. The summed E-state index contributed by atoms with van der Waals surface area (Å²) < 4.78 is 7.27. The molecule has 0 radical (unpaired) electrons. The Hall–Kier alpha value is -2.74. The molecule has 0 unspecified atom stereocenters. The van der Waals surface area contributed by atoms with Crippen LogP contribution in [0.25, 0.3) is 15.3 Å². The molecule has 0 amide bonds. The number of aromatic nitrogens is 3. The van der Waals surface area contributed by atoms with Crippen molar-refractivity contribution in [3.05, 3.63) is 45.9 Å². The van der Waals surface area contributed by atoms with Crippen LogP contribution in [0.1, 0.15) is 25.1 Å². The molecule has 0 atom stereocenters. The summed E-state index contributed by atoms with van der Waals surface area (Å²) in [5.41, 5.74) is 2.22. The van der Waals surface area contributed by atoms with Crippen molar-refractivity contribution in [1.82, 2.24) is 14.8 Å². The molecule has 7 nitrogen and oxygen atoms in total. The molecular formula is C17H18N4O3S. The summed E-state index contributed by atoms with van der Waals surface area (Å²) in [7, 11) is 0. The number of aliphatic imine (C=N–C) groups is 1. The number of carbonyl (C=O) groups is 1. The van der Waals surface area contributed by atoms with E-state index in [1.807, 2.05) is 24.3 Å². The maximum absolute atomic E-state index is 12.8. The molecule has 0 aliphatic carbocycles. The van der Waals surface area contributed by atoms with Gasteiger partial charge in [0.2, 0.25) is 5.13 Å². The number of esters is 1. The zero-order valence-corrected chi connectivity index (χ0v) is 15.0. The third kappa shape index (κ3) is 3.39. The Morgan fingerprint density at radius 3 is 2.88 bits per heavy atom. The molecule has 1 aromatic carbocycles. The summed E-state index contributed by atoms with van der Waals surface area (Å²) in [5, 5.41) is 3.61. The van der Waals surface area contributed by atoms with E-state index in [1.54, 1.807) is 20.8 Å². The summed E-state index contributed by atoms with van der Waals surface area (Å²) >= 11 is 1.43. The second kappa shape index (κ2) is 7.02. The van der Waals surface area contributed by atoms with Gasteiger partial charge < -0.3 is 4.74 Å². The molecule has 25 heavy (non-hydrogen) atoms. The van der Waals surface area contributed by atoms with Crippen LogP contribution < -0.4 is 5.56 Å². The topological polar surface area (TPSA) is 89.3 Å². The third-order valence-corrected chi connectivity index (χ3v) is 4.68. The van der Waals surface area contributed by atoms with Gasteiger partial charge in [0, 0.05) is 11.4 Å². The molecule has 0 saturated heterocycles. The van der Waals surface area contributed by atoms with E-state index >= 15 is 0 Å². The highest BCUT2D eigenvalue weighted by atomic mass is 32.1. The van der Waals surface area contributed by atoms with Crippen LogP contribution in [0.15, 0.2) is 34.1 Å². The number of ether oxygens (including phenoxy) is 1. The summed E-state index contributed by atoms with van der Waals surface area (Å²) in [6.45, 7) is 5.44. The van der Waals surface area contributed by atoms with Crippen molar-refractivity contribution < 1.29 is 9.53 Å². The molecule has 1 N–H and O–H groups in total. The Morgan fingerprint density at radius 1 is 1.40 bits per heavy atom. The first-order chi connectivity index (χ1) is 12.0. The summed E-state index contributed by atoms with van der Waals surface area (Å²) in [6, 6.07) is 7.71. The Morgan fingerprint density at radius 2 is 2.16 bits per heavy atom. The van der Waals surface area contributed by atoms with Gasteiger partial charge in [0.1, 0.15) is 6.54 Å². The normalized spacial score (nSPS) is 11.9. The van der Waals surface area contributed by atoms with E-state index in [1.165, 1.54) is 16.0 Å². The number of fused-ring (bicyclic) bond motifs is 1. The minimum atomic E-state index is -0.415. The lowest BCUT2D eigenvalue weighted by molar-refractivity contribution is -0.141. The van der Waals surface area contributed by atoms with Gasteiger partial charge in [-0.15, -0.1) is 0 Å². The van der Waals surface area contributed by atoms with E-state index in [0.717, 1.165) is 10.2 Å². The van der Waals surface area contributed by atoms with Gasteiger partial charge in [0.15, 0.2) is 0 Å². The molecule has 0 saturated carbocycles. The molecule has 0 bridgehead atoms. The number of H-pyrrole nitrogens is 1.